The first kappa shape index (κ1) is 44.4. The van der Waals surface area contributed by atoms with E-state index in [-0.39, 0.29) is 31.8 Å². The summed E-state index contributed by atoms with van der Waals surface area (Å²) in [6.45, 7) is 5.87. The second-order valence-electron chi connectivity index (χ2n) is 15.7. The maximum Gasteiger partial charge on any atom is 0.306 e. The van der Waals surface area contributed by atoms with Gasteiger partial charge in [0.15, 0.2) is 18.2 Å². The number of nitrogens with one attached hydrogen (secondary N) is 1. The summed E-state index contributed by atoms with van der Waals surface area (Å²) in [7, 11) is 0. The first-order valence-electron chi connectivity index (χ1n) is 21.0. The number of aryl methyl sites for hydroxylation is 2. The van der Waals surface area contributed by atoms with Crippen molar-refractivity contribution in [2.75, 3.05) is 6.61 Å². The normalized spacial score (nSPS) is 22.3. The van der Waals surface area contributed by atoms with E-state index < -0.39 is 54.4 Å². The minimum Gasteiger partial charge on any atom is -0.462 e. The number of hydrogen-bond donors (Lipinski definition) is 2. The van der Waals surface area contributed by atoms with Gasteiger partial charge in [0.2, 0.25) is 5.91 Å². The van der Waals surface area contributed by atoms with Gasteiger partial charge in [-0.25, -0.2) is 0 Å². The van der Waals surface area contributed by atoms with Gasteiger partial charge in [0, 0.05) is 12.8 Å². The van der Waals surface area contributed by atoms with Gasteiger partial charge < -0.3 is 34.1 Å². The fourth-order valence-electron chi connectivity index (χ4n) is 7.41. The molecule has 2 N–H and O–H groups in total. The van der Waals surface area contributed by atoms with Crippen molar-refractivity contribution in [3.8, 4) is 0 Å². The van der Waals surface area contributed by atoms with Crippen LogP contribution in [-0.4, -0.2) is 72.1 Å². The van der Waals surface area contributed by atoms with E-state index in [1.165, 1.54) is 49.7 Å². The molecule has 0 bridgehead atoms. The Morgan fingerprint density at radius 1 is 0.782 bits per heavy atom. The lowest BCUT2D eigenvalue weighted by Crippen LogP contribution is -2.69. The van der Waals surface area contributed by atoms with Gasteiger partial charge in [-0.15, -0.1) is 0 Å². The number of fused-ring (bicyclic) bond motifs is 1. The molecule has 4 rings (SSSR count). The lowest BCUT2D eigenvalue weighted by Gasteiger charge is -2.49. The molecule has 2 aliphatic rings. The van der Waals surface area contributed by atoms with Crippen molar-refractivity contribution in [2.45, 2.75) is 185 Å². The van der Waals surface area contributed by atoms with Crippen LogP contribution in [0.5, 0.6) is 0 Å². The van der Waals surface area contributed by atoms with Crippen LogP contribution in [0.1, 0.15) is 141 Å². The number of carbonyl (C=O) groups excluding carboxylic acids is 3. The Morgan fingerprint density at radius 2 is 1.35 bits per heavy atom. The van der Waals surface area contributed by atoms with Crippen molar-refractivity contribution in [1.82, 2.24) is 5.32 Å². The Balaban J connectivity index is 1.34. The average Bonchev–Trinajstić information content (AvgIpc) is 3.16. The van der Waals surface area contributed by atoms with Crippen molar-refractivity contribution in [3.63, 3.8) is 0 Å². The van der Waals surface area contributed by atoms with E-state index in [2.05, 4.69) is 36.5 Å². The molecule has 0 spiro atoms. The van der Waals surface area contributed by atoms with Crippen LogP contribution in [0, 0.1) is 0 Å². The molecule has 0 saturated carbocycles. The van der Waals surface area contributed by atoms with Gasteiger partial charge in [0.05, 0.1) is 13.0 Å². The van der Waals surface area contributed by atoms with Gasteiger partial charge in [0.1, 0.15) is 24.4 Å². The molecule has 2 aromatic rings. The quantitative estimate of drug-likeness (QED) is 0.0758. The maximum atomic E-state index is 13.7. The van der Waals surface area contributed by atoms with E-state index in [0.29, 0.717) is 19.3 Å². The highest BCUT2D eigenvalue weighted by atomic mass is 16.7. The van der Waals surface area contributed by atoms with E-state index in [1.54, 1.807) is 13.8 Å². The molecule has 55 heavy (non-hydrogen) atoms. The van der Waals surface area contributed by atoms with Crippen LogP contribution in [0.2, 0.25) is 0 Å². The van der Waals surface area contributed by atoms with Crippen LogP contribution in [0.15, 0.2) is 60.7 Å². The molecule has 2 heterocycles. The zero-order chi connectivity index (χ0) is 39.3. The molecule has 1 amide bonds. The van der Waals surface area contributed by atoms with Gasteiger partial charge in [-0.05, 0) is 76.3 Å². The highest BCUT2D eigenvalue weighted by molar-refractivity contribution is 5.78. The first-order chi connectivity index (χ1) is 26.6. The van der Waals surface area contributed by atoms with Crippen LogP contribution in [0.3, 0.4) is 0 Å². The van der Waals surface area contributed by atoms with Crippen molar-refractivity contribution >= 4 is 17.8 Å². The highest BCUT2D eigenvalue weighted by Crippen LogP contribution is 2.34. The van der Waals surface area contributed by atoms with Crippen LogP contribution in [0.4, 0.5) is 0 Å². The van der Waals surface area contributed by atoms with Gasteiger partial charge in [-0.1, -0.05) is 119 Å². The number of aliphatic hydroxyl groups is 1. The number of rotatable bonds is 25. The summed E-state index contributed by atoms with van der Waals surface area (Å²) >= 11 is 0. The van der Waals surface area contributed by atoms with Gasteiger partial charge in [0.25, 0.3) is 0 Å². The summed E-state index contributed by atoms with van der Waals surface area (Å²) in [4.78, 5) is 40.0. The number of carbonyl (C=O) groups is 3. The summed E-state index contributed by atoms with van der Waals surface area (Å²) < 4.78 is 29.8. The van der Waals surface area contributed by atoms with Crippen LogP contribution in [0.25, 0.3) is 0 Å². The summed E-state index contributed by atoms with van der Waals surface area (Å²) in [5, 5.41) is 14.0. The SMILES string of the molecule is CCCCCCCCCCC[C@@H](CC(=O)N[C@@H]1[C@@H](OC(=O)CCCCc2ccccc2)[C@@H]2OC(C)(C)OC[C@H]2O[C@H]1O)OC(=O)CCCCc1ccccc1. The molecule has 2 aromatic carbocycles. The van der Waals surface area contributed by atoms with E-state index in [1.807, 2.05) is 36.4 Å². The molecule has 0 radical (unpaired) electrons. The van der Waals surface area contributed by atoms with Crippen LogP contribution < -0.4 is 5.32 Å². The minimum absolute atomic E-state index is 0.0836. The molecule has 2 saturated heterocycles. The van der Waals surface area contributed by atoms with E-state index in [0.717, 1.165) is 44.9 Å². The molecule has 2 aliphatic heterocycles. The van der Waals surface area contributed by atoms with E-state index >= 15 is 0 Å². The minimum atomic E-state index is -1.47. The summed E-state index contributed by atoms with van der Waals surface area (Å²) in [5.41, 5.74) is 2.44. The van der Waals surface area contributed by atoms with Crippen LogP contribution >= 0.6 is 0 Å². The Labute approximate surface area is 329 Å². The number of benzene rings is 2. The fourth-order valence-corrected chi connectivity index (χ4v) is 7.41. The first-order valence-corrected chi connectivity index (χ1v) is 21.0. The molecule has 10 heteroatoms. The second kappa shape index (κ2) is 24.4. The Kier molecular flexibility index (Phi) is 19.7. The largest absolute Gasteiger partial charge is 0.462 e. The van der Waals surface area contributed by atoms with Gasteiger partial charge >= 0.3 is 11.9 Å². The molecule has 10 nitrogen and oxygen atoms in total. The van der Waals surface area contributed by atoms with Crippen molar-refractivity contribution < 1.29 is 43.2 Å². The lowest BCUT2D eigenvalue weighted by atomic mass is 9.94. The Morgan fingerprint density at radius 3 is 1.95 bits per heavy atom. The third-order valence-electron chi connectivity index (χ3n) is 10.5. The van der Waals surface area contributed by atoms with E-state index in [4.69, 9.17) is 23.7 Å². The third-order valence-corrected chi connectivity index (χ3v) is 10.5. The summed E-state index contributed by atoms with van der Waals surface area (Å²) in [6.07, 6.45) is 11.5. The molecule has 2 fully saturated rings. The van der Waals surface area contributed by atoms with Gasteiger partial charge in [-0.3, -0.25) is 14.4 Å². The number of esters is 2. The second-order valence-corrected chi connectivity index (χ2v) is 15.7. The highest BCUT2D eigenvalue weighted by Gasteiger charge is 2.53. The fraction of sp³-hybridized carbons (Fsp3) is 0.667. The average molecular weight is 766 g/mol. The van der Waals surface area contributed by atoms with Crippen molar-refractivity contribution in [3.05, 3.63) is 71.8 Å². The van der Waals surface area contributed by atoms with Crippen LogP contribution in [-0.2, 0) is 50.9 Å². The Hall–Kier alpha value is -3.31. The number of amides is 1. The summed E-state index contributed by atoms with van der Waals surface area (Å²) in [6, 6.07) is 19.2. The van der Waals surface area contributed by atoms with Gasteiger partial charge in [-0.2, -0.15) is 0 Å². The molecule has 0 aliphatic carbocycles. The summed E-state index contributed by atoms with van der Waals surface area (Å²) in [5.74, 6) is -2.18. The van der Waals surface area contributed by atoms with Crippen molar-refractivity contribution in [2.24, 2.45) is 0 Å². The smallest absolute Gasteiger partial charge is 0.306 e. The molecular weight excluding hydrogens is 698 g/mol. The lowest BCUT2D eigenvalue weighted by molar-refractivity contribution is -0.365. The molecule has 6 atom stereocenters. The number of ether oxygens (including phenoxy) is 5. The zero-order valence-electron chi connectivity index (χ0n) is 33.6. The zero-order valence-corrected chi connectivity index (χ0v) is 33.6. The molecule has 306 valence electrons. The third kappa shape index (κ3) is 16.8. The molecule has 0 aromatic heterocycles. The molecular formula is C45H67NO9. The maximum absolute atomic E-state index is 13.7. The predicted molar refractivity (Wildman–Crippen MR) is 212 cm³/mol. The monoisotopic (exact) mass is 765 g/mol. The topological polar surface area (TPSA) is 130 Å². The molecule has 0 unspecified atom stereocenters. The van der Waals surface area contributed by atoms with E-state index in [9.17, 15) is 19.5 Å². The predicted octanol–water partition coefficient (Wildman–Crippen LogP) is 8.30. The number of hydrogen-bond acceptors (Lipinski definition) is 9. The Bertz CT molecular complexity index is 1390. The van der Waals surface area contributed by atoms with Crippen molar-refractivity contribution in [1.29, 1.82) is 0 Å². The number of aliphatic hydroxyl groups excluding tert-OH is 1. The number of unbranched alkanes of at least 4 members (excludes halogenated alkanes) is 10. The standard InChI is InChI=1S/C45H67NO9/c1-4-5-6-7-8-9-10-11-18-29-36(52-39(48)30-21-19-27-34-23-14-12-15-24-34)32-38(47)46-41-43(42-37(53-44(41)50)33-51-45(2,3)55-42)54-40(49)31-22-20-28-35-25-16-13-17-26-35/h12-17,23-26,36-37,41-44,50H,4-11,18-22,27-33H2,1-3H3,(H,46,47)/t36-,37+,41+,42+,43+,44+/m0/s1.